The fourth-order valence-electron chi connectivity index (χ4n) is 4.18. The maximum Gasteiger partial charge on any atom is 0.475 e. The number of hydrogen-bond donors (Lipinski definition) is 4. The highest BCUT2D eigenvalue weighted by molar-refractivity contribution is 6.43. The van der Waals surface area contributed by atoms with E-state index in [0.717, 1.165) is 0 Å². The molecule has 1 fully saturated rings. The van der Waals surface area contributed by atoms with Crippen LogP contribution in [0.1, 0.15) is 39.2 Å². The zero-order valence-corrected chi connectivity index (χ0v) is 22.4. The molecule has 1 saturated heterocycles. The van der Waals surface area contributed by atoms with Crippen molar-refractivity contribution in [2.75, 3.05) is 26.3 Å². The van der Waals surface area contributed by atoms with E-state index in [1.807, 2.05) is 26.8 Å². The second kappa shape index (κ2) is 14.5. The van der Waals surface area contributed by atoms with Crippen molar-refractivity contribution in [1.29, 1.82) is 5.26 Å². The lowest BCUT2D eigenvalue weighted by Crippen LogP contribution is -2.56. The molecule has 1 aliphatic rings. The Morgan fingerprint density at radius 3 is 2.49 bits per heavy atom. The van der Waals surface area contributed by atoms with Crippen LogP contribution < -0.4 is 10.6 Å². The Morgan fingerprint density at radius 1 is 1.26 bits per heavy atom. The molecule has 2 rings (SSSR count). The molecule has 1 aliphatic heterocycles. The lowest BCUT2D eigenvalue weighted by atomic mass is 9.76. The van der Waals surface area contributed by atoms with Crippen LogP contribution in [0.3, 0.4) is 0 Å². The summed E-state index contributed by atoms with van der Waals surface area (Å²) in [6, 6.07) is 8.73. The molecule has 4 N–H and O–H groups in total. The Labute approximate surface area is 227 Å². The normalized spacial score (nSPS) is 17.9. The molecule has 0 spiro atoms. The zero-order valence-electron chi connectivity index (χ0n) is 22.4. The fraction of sp³-hybridized carbons (Fsp3) is 0.577. The number of alkyl halides is 3. The molecule has 13 heteroatoms. The SMILES string of the molecule is CC(C)(C)C=C(C#N)C(=O)N1CCC[C@@H]1COCC(NCC(F)(F)F)C(=O)NC(Cc1ccccc1)B(O)O. The first-order valence-electron chi connectivity index (χ1n) is 12.7. The minimum absolute atomic E-state index is 0.00511. The predicted octanol–water partition coefficient (Wildman–Crippen LogP) is 1.75. The van der Waals surface area contributed by atoms with Crippen LogP contribution in [0.25, 0.3) is 0 Å². The van der Waals surface area contributed by atoms with Gasteiger partial charge in [-0.05, 0) is 30.2 Å². The predicted molar refractivity (Wildman–Crippen MR) is 139 cm³/mol. The van der Waals surface area contributed by atoms with Crippen LogP contribution in [0, 0.1) is 16.7 Å². The van der Waals surface area contributed by atoms with Gasteiger partial charge in [-0.3, -0.25) is 14.9 Å². The average molecular weight is 552 g/mol. The average Bonchev–Trinajstić information content (AvgIpc) is 3.31. The van der Waals surface area contributed by atoms with Crippen molar-refractivity contribution in [3.05, 3.63) is 47.5 Å². The number of hydrogen-bond acceptors (Lipinski definition) is 7. The van der Waals surface area contributed by atoms with Gasteiger partial charge in [0.1, 0.15) is 17.7 Å². The largest absolute Gasteiger partial charge is 0.475 e. The molecule has 0 radical (unpaired) electrons. The summed E-state index contributed by atoms with van der Waals surface area (Å²) in [6.07, 6.45) is -1.73. The Bertz CT molecular complexity index is 1030. The standard InChI is InChI=1S/C26H36BF3N4O5/c1-25(2,3)13-19(14-31)24(36)34-11-7-10-20(34)15-39-16-21(32-17-26(28,29)30)23(35)33-22(27(37)38)12-18-8-5-4-6-9-18/h4-6,8-9,13,20-22,32,37-38H,7,10-12,15-17H2,1-3H3,(H,33,35)/t20-,21?,22?/m1/s1. The van der Waals surface area contributed by atoms with Gasteiger partial charge in [0, 0.05) is 6.54 Å². The van der Waals surface area contributed by atoms with E-state index in [2.05, 4.69) is 10.6 Å². The second-order valence-electron chi connectivity index (χ2n) is 10.6. The fourth-order valence-corrected chi connectivity index (χ4v) is 4.18. The lowest BCUT2D eigenvalue weighted by Gasteiger charge is -2.27. The number of nitrogens with one attached hydrogen (secondary N) is 2. The maximum atomic E-state index is 12.9. The number of nitrogens with zero attached hydrogens (tertiary/aromatic N) is 2. The van der Waals surface area contributed by atoms with E-state index >= 15 is 0 Å². The molecule has 0 aliphatic carbocycles. The number of ether oxygens (including phenoxy) is 1. The van der Waals surface area contributed by atoms with E-state index < -0.39 is 61.7 Å². The number of nitriles is 1. The Morgan fingerprint density at radius 2 is 1.92 bits per heavy atom. The summed E-state index contributed by atoms with van der Waals surface area (Å²) in [5.41, 5.74) is 0.304. The highest BCUT2D eigenvalue weighted by Gasteiger charge is 2.34. The van der Waals surface area contributed by atoms with E-state index in [0.29, 0.717) is 24.9 Å². The van der Waals surface area contributed by atoms with Crippen LogP contribution >= 0.6 is 0 Å². The summed E-state index contributed by atoms with van der Waals surface area (Å²) in [5.74, 6) is -2.51. The molecule has 214 valence electrons. The van der Waals surface area contributed by atoms with E-state index in [4.69, 9.17) is 4.74 Å². The number of halogens is 3. The number of amides is 2. The molecule has 3 atom stereocenters. The van der Waals surface area contributed by atoms with Crippen molar-refractivity contribution >= 4 is 18.9 Å². The first-order chi connectivity index (χ1) is 18.2. The van der Waals surface area contributed by atoms with Gasteiger partial charge in [-0.15, -0.1) is 0 Å². The minimum Gasteiger partial charge on any atom is -0.426 e. The van der Waals surface area contributed by atoms with Crippen molar-refractivity contribution in [2.45, 2.75) is 64.2 Å². The lowest BCUT2D eigenvalue weighted by molar-refractivity contribution is -0.135. The van der Waals surface area contributed by atoms with Gasteiger partial charge in [0.2, 0.25) is 5.91 Å². The first-order valence-corrected chi connectivity index (χ1v) is 12.7. The highest BCUT2D eigenvalue weighted by atomic mass is 19.4. The van der Waals surface area contributed by atoms with Gasteiger partial charge < -0.3 is 25.0 Å². The Balaban J connectivity index is 2.06. The molecule has 0 saturated carbocycles. The van der Waals surface area contributed by atoms with Crippen molar-refractivity contribution in [3.63, 3.8) is 0 Å². The van der Waals surface area contributed by atoms with Gasteiger partial charge in [0.25, 0.3) is 5.91 Å². The van der Waals surface area contributed by atoms with Crippen LogP contribution in [-0.2, 0) is 20.7 Å². The van der Waals surface area contributed by atoms with Gasteiger partial charge >= 0.3 is 13.3 Å². The van der Waals surface area contributed by atoms with Crippen LogP contribution in [0.15, 0.2) is 42.0 Å². The molecule has 9 nitrogen and oxygen atoms in total. The van der Waals surface area contributed by atoms with Crippen molar-refractivity contribution in [2.24, 2.45) is 5.41 Å². The van der Waals surface area contributed by atoms with Crippen LogP contribution in [-0.4, -0.2) is 84.4 Å². The third-order valence-electron chi connectivity index (χ3n) is 6.01. The summed E-state index contributed by atoms with van der Waals surface area (Å²) in [5, 5.41) is 33.5. The Kier molecular flexibility index (Phi) is 12.0. The molecule has 0 bridgehead atoms. The molecule has 1 heterocycles. The van der Waals surface area contributed by atoms with Gasteiger partial charge in [-0.2, -0.15) is 18.4 Å². The van der Waals surface area contributed by atoms with E-state index in [-0.39, 0.29) is 18.6 Å². The third-order valence-corrected chi connectivity index (χ3v) is 6.01. The van der Waals surface area contributed by atoms with Gasteiger partial charge in [-0.1, -0.05) is 57.2 Å². The minimum atomic E-state index is -4.60. The smallest absolute Gasteiger partial charge is 0.426 e. The van der Waals surface area contributed by atoms with Crippen LogP contribution in [0.4, 0.5) is 13.2 Å². The zero-order chi connectivity index (χ0) is 29.2. The molecule has 2 amide bonds. The Hall–Kier alpha value is -2.92. The summed E-state index contributed by atoms with van der Waals surface area (Å²) in [7, 11) is -1.95. The number of carbonyl (C=O) groups excluding carboxylic acids is 2. The number of carbonyl (C=O) groups is 2. The monoisotopic (exact) mass is 552 g/mol. The van der Waals surface area contributed by atoms with Crippen molar-refractivity contribution < 1.29 is 37.5 Å². The number of rotatable bonds is 12. The maximum absolute atomic E-state index is 12.9. The van der Waals surface area contributed by atoms with Gasteiger partial charge in [0.15, 0.2) is 0 Å². The number of benzene rings is 1. The summed E-state index contributed by atoms with van der Waals surface area (Å²) in [4.78, 5) is 27.3. The number of allylic oxidation sites excluding steroid dienone is 1. The molecule has 39 heavy (non-hydrogen) atoms. The molecule has 2 unspecified atom stereocenters. The molecular formula is C26H36BF3N4O5. The van der Waals surface area contributed by atoms with Gasteiger partial charge in [-0.25, -0.2) is 0 Å². The molecule has 1 aromatic rings. The van der Waals surface area contributed by atoms with Crippen LogP contribution in [0.2, 0.25) is 0 Å². The first kappa shape index (κ1) is 32.3. The molecule has 0 aromatic heterocycles. The second-order valence-corrected chi connectivity index (χ2v) is 10.6. The van der Waals surface area contributed by atoms with Gasteiger partial charge in [0.05, 0.1) is 31.7 Å². The van der Waals surface area contributed by atoms with Crippen molar-refractivity contribution in [3.8, 4) is 6.07 Å². The van der Waals surface area contributed by atoms with E-state index in [1.165, 1.54) is 4.90 Å². The van der Waals surface area contributed by atoms with E-state index in [9.17, 15) is 38.1 Å². The van der Waals surface area contributed by atoms with Crippen LogP contribution in [0.5, 0.6) is 0 Å². The summed E-state index contributed by atoms with van der Waals surface area (Å²) in [6.45, 7) is 4.03. The molecular weight excluding hydrogens is 516 g/mol. The highest BCUT2D eigenvalue weighted by Crippen LogP contribution is 2.23. The van der Waals surface area contributed by atoms with E-state index in [1.54, 1.807) is 36.4 Å². The number of likely N-dealkylation sites (tertiary alicyclic amines) is 1. The summed E-state index contributed by atoms with van der Waals surface area (Å²) < 4.78 is 44.3. The third kappa shape index (κ3) is 11.4. The topological polar surface area (TPSA) is 135 Å². The quantitative estimate of drug-likeness (QED) is 0.176. The molecule has 1 aromatic carbocycles. The van der Waals surface area contributed by atoms with Crippen molar-refractivity contribution in [1.82, 2.24) is 15.5 Å². The summed E-state index contributed by atoms with van der Waals surface area (Å²) >= 11 is 0.